The van der Waals surface area contributed by atoms with Crippen LogP contribution in [0.4, 0.5) is 0 Å². The average molecular weight is 433 g/mol. The molecule has 8 heteroatoms. The van der Waals surface area contributed by atoms with Gasteiger partial charge in [0.05, 0.1) is 36.4 Å². The van der Waals surface area contributed by atoms with E-state index in [1.165, 1.54) is 0 Å². The number of nitrogens with one attached hydrogen (secondary N) is 1. The molecule has 0 bridgehead atoms. The van der Waals surface area contributed by atoms with Gasteiger partial charge in [-0.15, -0.1) is 11.3 Å². The molecular weight excluding hydrogens is 400 g/mol. The van der Waals surface area contributed by atoms with Crippen LogP contribution in [0.15, 0.2) is 6.07 Å². The largest absolute Gasteiger partial charge is 0.379 e. The number of aryl methyl sites for hydroxylation is 1. The minimum absolute atomic E-state index is 0.0665. The molecule has 4 heterocycles. The number of hydrogen-bond donors (Lipinski definition) is 1. The number of thiophene rings is 1. The molecule has 5 rings (SSSR count). The number of amides is 1. The molecule has 3 fully saturated rings. The number of nitrogens with zero attached hydrogens (tertiary/aromatic N) is 3. The standard InChI is InChI=1S/C22H32N4O3S/c1-15-19-13-20(30-22(19)26(24-15)18-3-2-10-29-14-18)21(27)23-16-4-6-17(7-5-16)25-8-11-28-12-9-25/h13,16-18H,2-12,14H2,1H3,(H,23,27)/t16-,17-,18?. The lowest BCUT2D eigenvalue weighted by Gasteiger charge is -2.38. The number of hydrogen-bond acceptors (Lipinski definition) is 6. The van der Waals surface area contributed by atoms with E-state index >= 15 is 0 Å². The highest BCUT2D eigenvalue weighted by Crippen LogP contribution is 2.33. The van der Waals surface area contributed by atoms with Gasteiger partial charge in [-0.05, 0) is 51.5 Å². The van der Waals surface area contributed by atoms with Crippen LogP contribution < -0.4 is 5.32 Å². The fraction of sp³-hybridized carbons (Fsp3) is 0.727. The molecule has 1 saturated carbocycles. The van der Waals surface area contributed by atoms with Gasteiger partial charge in [0.25, 0.3) is 5.91 Å². The molecule has 2 aliphatic heterocycles. The smallest absolute Gasteiger partial charge is 0.261 e. The van der Waals surface area contributed by atoms with Crippen molar-refractivity contribution >= 4 is 27.5 Å². The van der Waals surface area contributed by atoms with Crippen molar-refractivity contribution in [1.82, 2.24) is 20.0 Å². The van der Waals surface area contributed by atoms with Crippen LogP contribution in [0.3, 0.4) is 0 Å². The summed E-state index contributed by atoms with van der Waals surface area (Å²) in [6.45, 7) is 7.38. The van der Waals surface area contributed by atoms with Crippen molar-refractivity contribution in [2.75, 3.05) is 39.5 Å². The predicted molar refractivity (Wildman–Crippen MR) is 117 cm³/mol. The quantitative estimate of drug-likeness (QED) is 0.804. The molecule has 0 spiro atoms. The molecule has 1 aliphatic carbocycles. The summed E-state index contributed by atoms with van der Waals surface area (Å²) in [6, 6.07) is 3.24. The molecule has 1 amide bonds. The van der Waals surface area contributed by atoms with Gasteiger partial charge >= 0.3 is 0 Å². The fourth-order valence-electron chi connectivity index (χ4n) is 5.13. The molecule has 2 saturated heterocycles. The Hall–Kier alpha value is -1.48. The molecule has 164 valence electrons. The Morgan fingerprint density at radius 2 is 1.90 bits per heavy atom. The first-order valence-corrected chi connectivity index (χ1v) is 12.2. The zero-order valence-corrected chi connectivity index (χ0v) is 18.6. The number of fused-ring (bicyclic) bond motifs is 1. The van der Waals surface area contributed by atoms with Crippen molar-refractivity contribution in [2.45, 2.75) is 63.6 Å². The number of carbonyl (C=O) groups excluding carboxylic acids is 1. The topological polar surface area (TPSA) is 68.6 Å². The summed E-state index contributed by atoms with van der Waals surface area (Å²) in [5.74, 6) is 0.0665. The Morgan fingerprint density at radius 3 is 2.63 bits per heavy atom. The molecule has 1 atom stereocenters. The SMILES string of the molecule is Cc1nn(C2CCCOC2)c2sc(C(=O)N[C@H]3CC[C@H](N4CCOCC4)CC3)cc12. The highest BCUT2D eigenvalue weighted by atomic mass is 32.1. The third kappa shape index (κ3) is 4.15. The van der Waals surface area contributed by atoms with Crippen molar-refractivity contribution in [3.63, 3.8) is 0 Å². The first kappa shape index (κ1) is 20.4. The van der Waals surface area contributed by atoms with Crippen LogP contribution in [0.5, 0.6) is 0 Å². The Morgan fingerprint density at radius 1 is 1.10 bits per heavy atom. The van der Waals surface area contributed by atoms with E-state index in [-0.39, 0.29) is 18.0 Å². The van der Waals surface area contributed by atoms with E-state index in [0.717, 1.165) is 92.2 Å². The number of ether oxygens (including phenoxy) is 2. The summed E-state index contributed by atoms with van der Waals surface area (Å²) >= 11 is 1.57. The van der Waals surface area contributed by atoms with Crippen LogP contribution in [-0.4, -0.2) is 72.2 Å². The second-order valence-electron chi connectivity index (χ2n) is 8.86. The maximum absolute atomic E-state index is 13.0. The van der Waals surface area contributed by atoms with E-state index in [0.29, 0.717) is 12.6 Å². The summed E-state index contributed by atoms with van der Waals surface area (Å²) in [6.07, 6.45) is 6.59. The van der Waals surface area contributed by atoms with Crippen LogP contribution in [0.1, 0.15) is 59.9 Å². The average Bonchev–Trinajstić information content (AvgIpc) is 3.36. The van der Waals surface area contributed by atoms with Crippen molar-refractivity contribution in [2.24, 2.45) is 0 Å². The zero-order valence-electron chi connectivity index (χ0n) is 17.8. The van der Waals surface area contributed by atoms with Crippen LogP contribution in [0.25, 0.3) is 10.2 Å². The number of rotatable bonds is 4. The van der Waals surface area contributed by atoms with Crippen LogP contribution >= 0.6 is 11.3 Å². The predicted octanol–water partition coefficient (Wildman–Crippen LogP) is 3.13. The van der Waals surface area contributed by atoms with Gasteiger partial charge in [0.15, 0.2) is 0 Å². The Bertz CT molecular complexity index is 874. The summed E-state index contributed by atoms with van der Waals surface area (Å²) < 4.78 is 13.2. The normalized spacial score (nSPS) is 28.6. The van der Waals surface area contributed by atoms with Crippen LogP contribution in [0.2, 0.25) is 0 Å². The Kier molecular flexibility index (Phi) is 6.09. The van der Waals surface area contributed by atoms with E-state index in [9.17, 15) is 4.79 Å². The lowest BCUT2D eigenvalue weighted by Crippen LogP contribution is -2.47. The molecule has 2 aromatic heterocycles. The minimum Gasteiger partial charge on any atom is -0.379 e. The second-order valence-corrected chi connectivity index (χ2v) is 9.89. The molecule has 1 unspecified atom stereocenters. The summed E-state index contributed by atoms with van der Waals surface area (Å²) in [7, 11) is 0. The van der Waals surface area contributed by atoms with Gasteiger partial charge in [0.2, 0.25) is 0 Å². The third-order valence-electron chi connectivity index (χ3n) is 6.87. The maximum atomic E-state index is 13.0. The van der Waals surface area contributed by atoms with Gasteiger partial charge in [-0.25, -0.2) is 4.68 Å². The van der Waals surface area contributed by atoms with Gasteiger partial charge in [-0.2, -0.15) is 5.10 Å². The minimum atomic E-state index is 0.0665. The van der Waals surface area contributed by atoms with E-state index in [2.05, 4.69) is 14.9 Å². The molecule has 30 heavy (non-hydrogen) atoms. The monoisotopic (exact) mass is 432 g/mol. The third-order valence-corrected chi connectivity index (χ3v) is 7.99. The molecule has 1 N–H and O–H groups in total. The number of aromatic nitrogens is 2. The lowest BCUT2D eigenvalue weighted by atomic mass is 9.90. The highest BCUT2D eigenvalue weighted by Gasteiger charge is 2.29. The molecule has 2 aromatic rings. The van der Waals surface area contributed by atoms with Gasteiger partial charge in [-0.3, -0.25) is 9.69 Å². The van der Waals surface area contributed by atoms with E-state index in [1.807, 2.05) is 13.0 Å². The van der Waals surface area contributed by atoms with Crippen LogP contribution in [0, 0.1) is 6.92 Å². The molecule has 0 aromatic carbocycles. The van der Waals surface area contributed by atoms with Crippen molar-refractivity contribution in [1.29, 1.82) is 0 Å². The number of morpholine rings is 1. The molecular formula is C22H32N4O3S. The Labute approximate surface area is 181 Å². The number of carbonyl (C=O) groups is 1. The highest BCUT2D eigenvalue weighted by molar-refractivity contribution is 7.20. The first-order valence-electron chi connectivity index (χ1n) is 11.4. The van der Waals surface area contributed by atoms with E-state index < -0.39 is 0 Å². The van der Waals surface area contributed by atoms with Gasteiger partial charge < -0.3 is 14.8 Å². The first-order chi connectivity index (χ1) is 14.7. The van der Waals surface area contributed by atoms with E-state index in [4.69, 9.17) is 14.6 Å². The van der Waals surface area contributed by atoms with Gasteiger partial charge in [0, 0.05) is 37.2 Å². The second kappa shape index (κ2) is 8.94. The summed E-state index contributed by atoms with van der Waals surface area (Å²) in [5, 5.41) is 9.15. The zero-order chi connectivity index (χ0) is 20.5. The lowest BCUT2D eigenvalue weighted by molar-refractivity contribution is 0.00665. The van der Waals surface area contributed by atoms with Crippen molar-refractivity contribution < 1.29 is 14.3 Å². The molecule has 7 nitrogen and oxygen atoms in total. The molecule has 0 radical (unpaired) electrons. The van der Waals surface area contributed by atoms with Crippen LogP contribution in [-0.2, 0) is 9.47 Å². The maximum Gasteiger partial charge on any atom is 0.261 e. The van der Waals surface area contributed by atoms with Crippen molar-refractivity contribution in [3.8, 4) is 0 Å². The van der Waals surface area contributed by atoms with E-state index in [1.54, 1.807) is 11.3 Å². The van der Waals surface area contributed by atoms with Crippen molar-refractivity contribution in [3.05, 3.63) is 16.6 Å². The van der Waals surface area contributed by atoms with Gasteiger partial charge in [0.1, 0.15) is 4.83 Å². The molecule has 3 aliphatic rings. The Balaban J connectivity index is 1.22. The van der Waals surface area contributed by atoms with Gasteiger partial charge in [-0.1, -0.05) is 0 Å². The summed E-state index contributed by atoms with van der Waals surface area (Å²) in [5.41, 5.74) is 0.997. The summed E-state index contributed by atoms with van der Waals surface area (Å²) in [4.78, 5) is 17.4. The fourth-order valence-corrected chi connectivity index (χ4v) is 6.27.